The third-order valence-corrected chi connectivity index (χ3v) is 3.35. The Balaban J connectivity index is 2.91. The summed E-state index contributed by atoms with van der Waals surface area (Å²) >= 11 is 0. The molecule has 0 aliphatic heterocycles. The molecule has 0 saturated heterocycles. The SMILES string of the molecule is CS(=O)(=O)NNS(=O)(=O)c1ccc(F)cc1. The highest BCUT2D eigenvalue weighted by atomic mass is 32.2. The second-order valence-electron chi connectivity index (χ2n) is 2.93. The van der Waals surface area contributed by atoms with Gasteiger partial charge in [-0.2, -0.15) is 0 Å². The largest absolute Gasteiger partial charge is 0.254 e. The molecule has 0 aliphatic rings. The minimum Gasteiger partial charge on any atom is -0.211 e. The Kier molecular flexibility index (Phi) is 3.63. The summed E-state index contributed by atoms with van der Waals surface area (Å²) in [5, 5.41) is 0. The fraction of sp³-hybridized carbons (Fsp3) is 0.143. The number of hydrazine groups is 1. The Bertz CT molecular complexity index is 565. The summed E-state index contributed by atoms with van der Waals surface area (Å²) < 4.78 is 56.7. The van der Waals surface area contributed by atoms with Crippen molar-refractivity contribution in [2.75, 3.05) is 6.26 Å². The second kappa shape index (κ2) is 4.45. The van der Waals surface area contributed by atoms with Gasteiger partial charge in [0, 0.05) is 0 Å². The van der Waals surface area contributed by atoms with E-state index in [1.807, 2.05) is 0 Å². The summed E-state index contributed by atoms with van der Waals surface area (Å²) in [7, 11) is -7.71. The van der Waals surface area contributed by atoms with Crippen LogP contribution in [0.4, 0.5) is 4.39 Å². The van der Waals surface area contributed by atoms with Crippen LogP contribution >= 0.6 is 0 Å². The molecule has 1 rings (SSSR count). The quantitative estimate of drug-likeness (QED) is 0.725. The Morgan fingerprint density at radius 1 is 1.00 bits per heavy atom. The first-order valence-electron chi connectivity index (χ1n) is 3.95. The van der Waals surface area contributed by atoms with Crippen molar-refractivity contribution in [3.8, 4) is 0 Å². The van der Waals surface area contributed by atoms with Crippen molar-refractivity contribution in [3.05, 3.63) is 30.1 Å². The van der Waals surface area contributed by atoms with Crippen LogP contribution < -0.4 is 9.66 Å². The maximum absolute atomic E-state index is 12.5. The summed E-state index contributed by atoms with van der Waals surface area (Å²) in [4.78, 5) is 3.02. The highest BCUT2D eigenvalue weighted by molar-refractivity contribution is 7.92. The molecule has 2 N–H and O–H groups in total. The fourth-order valence-electron chi connectivity index (χ4n) is 0.803. The molecule has 90 valence electrons. The van der Waals surface area contributed by atoms with Gasteiger partial charge in [0.25, 0.3) is 10.0 Å². The normalized spacial score (nSPS) is 12.6. The summed E-state index contributed by atoms with van der Waals surface area (Å²) in [6.07, 6.45) is 0.792. The molecule has 1 aromatic carbocycles. The standard InChI is InChI=1S/C7H9FN2O4S2/c1-15(11,12)9-10-16(13,14)7-4-2-6(8)3-5-7/h2-5,9-10H,1H3. The van der Waals surface area contributed by atoms with E-state index in [1.165, 1.54) is 0 Å². The fourth-order valence-corrected chi connectivity index (χ4v) is 2.46. The zero-order valence-electron chi connectivity index (χ0n) is 8.14. The Morgan fingerprint density at radius 2 is 1.50 bits per heavy atom. The summed E-state index contributed by atoms with van der Waals surface area (Å²) in [6, 6.07) is 3.94. The van der Waals surface area contributed by atoms with Gasteiger partial charge in [0.1, 0.15) is 5.82 Å². The van der Waals surface area contributed by atoms with Crippen LogP contribution in [0.1, 0.15) is 0 Å². The van der Waals surface area contributed by atoms with E-state index in [9.17, 15) is 21.2 Å². The van der Waals surface area contributed by atoms with Crippen LogP contribution in [0.2, 0.25) is 0 Å². The van der Waals surface area contributed by atoms with E-state index in [0.29, 0.717) is 0 Å². The molecule has 0 heterocycles. The molecular weight excluding hydrogens is 259 g/mol. The average Bonchev–Trinajstić information content (AvgIpc) is 2.15. The van der Waals surface area contributed by atoms with Gasteiger partial charge in [-0.15, -0.1) is 9.66 Å². The van der Waals surface area contributed by atoms with Gasteiger partial charge in [-0.25, -0.2) is 21.2 Å². The predicted molar refractivity (Wildman–Crippen MR) is 54.7 cm³/mol. The predicted octanol–water partition coefficient (Wildman–Crippen LogP) is -0.432. The summed E-state index contributed by atoms with van der Waals surface area (Å²) in [5.41, 5.74) is 0. The molecule has 16 heavy (non-hydrogen) atoms. The van der Waals surface area contributed by atoms with Gasteiger partial charge in [0.05, 0.1) is 11.2 Å². The number of benzene rings is 1. The van der Waals surface area contributed by atoms with Crippen molar-refractivity contribution >= 4 is 20.0 Å². The van der Waals surface area contributed by atoms with E-state index >= 15 is 0 Å². The molecule has 0 atom stereocenters. The number of nitrogens with one attached hydrogen (secondary N) is 2. The van der Waals surface area contributed by atoms with E-state index in [0.717, 1.165) is 30.5 Å². The van der Waals surface area contributed by atoms with Crippen molar-refractivity contribution in [2.45, 2.75) is 4.90 Å². The first-order chi connectivity index (χ1) is 7.21. The molecule has 0 aliphatic carbocycles. The first kappa shape index (κ1) is 13.0. The van der Waals surface area contributed by atoms with E-state index < -0.39 is 25.9 Å². The third-order valence-electron chi connectivity index (χ3n) is 1.49. The zero-order chi connectivity index (χ0) is 12.4. The first-order valence-corrected chi connectivity index (χ1v) is 7.32. The lowest BCUT2D eigenvalue weighted by molar-refractivity contribution is 0.560. The molecule has 6 nitrogen and oxygen atoms in total. The molecule has 0 unspecified atom stereocenters. The van der Waals surface area contributed by atoms with Crippen LogP contribution in [0.25, 0.3) is 0 Å². The lowest BCUT2D eigenvalue weighted by Gasteiger charge is -2.06. The van der Waals surface area contributed by atoms with E-state index in [2.05, 4.69) is 0 Å². The lowest BCUT2D eigenvalue weighted by Crippen LogP contribution is -2.40. The molecule has 0 amide bonds. The minimum absolute atomic E-state index is 0.245. The highest BCUT2D eigenvalue weighted by Crippen LogP contribution is 2.08. The van der Waals surface area contributed by atoms with Gasteiger partial charge in [0.2, 0.25) is 10.0 Å². The molecule has 0 aromatic heterocycles. The van der Waals surface area contributed by atoms with Crippen molar-refractivity contribution in [3.63, 3.8) is 0 Å². The van der Waals surface area contributed by atoms with E-state index in [4.69, 9.17) is 0 Å². The van der Waals surface area contributed by atoms with Gasteiger partial charge in [0.15, 0.2) is 0 Å². The van der Waals surface area contributed by atoms with E-state index in [-0.39, 0.29) is 4.90 Å². The van der Waals surface area contributed by atoms with Crippen LogP contribution in [0.3, 0.4) is 0 Å². The van der Waals surface area contributed by atoms with Crippen molar-refractivity contribution in [1.29, 1.82) is 0 Å². The van der Waals surface area contributed by atoms with Gasteiger partial charge in [-0.1, -0.05) is 0 Å². The topological polar surface area (TPSA) is 92.3 Å². The average molecular weight is 268 g/mol. The molecule has 0 fully saturated rings. The number of sulfonamides is 2. The molecule has 0 saturated carbocycles. The monoisotopic (exact) mass is 268 g/mol. The van der Waals surface area contributed by atoms with Crippen LogP contribution in [0, 0.1) is 5.82 Å². The number of hydrogen-bond donors (Lipinski definition) is 2. The van der Waals surface area contributed by atoms with Crippen molar-refractivity contribution in [1.82, 2.24) is 9.66 Å². The smallest absolute Gasteiger partial charge is 0.211 e. The number of rotatable bonds is 4. The Hall–Kier alpha value is -1.03. The van der Waals surface area contributed by atoms with Crippen molar-refractivity contribution in [2.24, 2.45) is 0 Å². The maximum atomic E-state index is 12.5. The maximum Gasteiger partial charge on any atom is 0.254 e. The molecule has 0 bridgehead atoms. The molecule has 1 aromatic rings. The molecule has 0 spiro atoms. The van der Waals surface area contributed by atoms with Crippen LogP contribution in [-0.2, 0) is 20.0 Å². The molecular formula is C7H9FN2O4S2. The number of hydrogen-bond acceptors (Lipinski definition) is 4. The van der Waals surface area contributed by atoms with Gasteiger partial charge < -0.3 is 0 Å². The minimum atomic E-state index is -4.02. The second-order valence-corrected chi connectivity index (χ2v) is 6.36. The van der Waals surface area contributed by atoms with Crippen LogP contribution in [0.15, 0.2) is 29.2 Å². The molecule has 0 radical (unpaired) electrons. The van der Waals surface area contributed by atoms with E-state index in [1.54, 1.807) is 9.66 Å². The highest BCUT2D eigenvalue weighted by Gasteiger charge is 2.15. The van der Waals surface area contributed by atoms with Crippen molar-refractivity contribution < 1.29 is 21.2 Å². The Morgan fingerprint density at radius 3 is 1.94 bits per heavy atom. The lowest BCUT2D eigenvalue weighted by atomic mass is 10.4. The van der Waals surface area contributed by atoms with Crippen LogP contribution in [-0.4, -0.2) is 23.1 Å². The summed E-state index contributed by atoms with van der Waals surface area (Å²) in [6.45, 7) is 0. The number of halogens is 1. The molecule has 9 heteroatoms. The zero-order valence-corrected chi connectivity index (χ0v) is 9.77. The van der Waals surface area contributed by atoms with Gasteiger partial charge in [-0.3, -0.25) is 0 Å². The van der Waals surface area contributed by atoms with Gasteiger partial charge in [-0.05, 0) is 24.3 Å². The van der Waals surface area contributed by atoms with Crippen LogP contribution in [0.5, 0.6) is 0 Å². The Labute approximate surface area is 92.6 Å². The van der Waals surface area contributed by atoms with Gasteiger partial charge >= 0.3 is 0 Å². The third kappa shape index (κ3) is 3.85. The summed E-state index contributed by atoms with van der Waals surface area (Å²) in [5.74, 6) is -0.588.